The van der Waals surface area contributed by atoms with Gasteiger partial charge in [0.1, 0.15) is 12.2 Å². The number of carbonyl (C=O) groups excluding carboxylic acids is 1. The lowest BCUT2D eigenvalue weighted by Crippen LogP contribution is -2.10. The molecule has 0 saturated carbocycles. The van der Waals surface area contributed by atoms with Crippen molar-refractivity contribution in [1.29, 1.82) is 0 Å². The summed E-state index contributed by atoms with van der Waals surface area (Å²) in [6, 6.07) is 15.0. The molecule has 190 valence electrons. The van der Waals surface area contributed by atoms with E-state index < -0.39 is 6.09 Å². The van der Waals surface area contributed by atoms with E-state index in [2.05, 4.69) is 41.6 Å². The molecule has 0 saturated heterocycles. The number of nitrogens with zero attached hydrogens (tertiary/aromatic N) is 6. The van der Waals surface area contributed by atoms with E-state index in [4.69, 9.17) is 28.2 Å². The van der Waals surface area contributed by atoms with Crippen LogP contribution < -0.4 is 5.32 Å². The Hall–Kier alpha value is -4.28. The normalized spacial score (nSPS) is 14.3. The van der Waals surface area contributed by atoms with Crippen molar-refractivity contribution in [2.45, 2.75) is 18.8 Å². The number of aromatic nitrogens is 7. The molecule has 3 heterocycles. The highest BCUT2D eigenvalue weighted by Gasteiger charge is 2.29. The van der Waals surface area contributed by atoms with Gasteiger partial charge in [0.15, 0.2) is 5.15 Å². The van der Waals surface area contributed by atoms with E-state index >= 15 is 0 Å². The minimum atomic E-state index is -0.530. The van der Waals surface area contributed by atoms with E-state index in [-0.39, 0.29) is 5.92 Å². The van der Waals surface area contributed by atoms with Crippen LogP contribution in [0.1, 0.15) is 29.4 Å². The summed E-state index contributed by atoms with van der Waals surface area (Å²) in [5, 5.41) is 15.1. The number of benzene rings is 2. The molecule has 0 aliphatic heterocycles. The lowest BCUT2D eigenvalue weighted by Gasteiger charge is -2.12. The molecule has 1 atom stereocenters. The number of pyridine rings is 1. The van der Waals surface area contributed by atoms with Gasteiger partial charge in [-0.1, -0.05) is 35.3 Å². The SMILES string of the molecule is COC(=O)Nc1ccc(-c2[nH]c(C3CCc4cc(-c5cc(Cl)ccc5-n5cnnn5)cnc43)nc2Cl)cc1. The average Bonchev–Trinajstić information content (AvgIpc) is 3.69. The van der Waals surface area contributed by atoms with Crippen molar-refractivity contribution in [3.05, 3.63) is 88.3 Å². The second-order valence-corrected chi connectivity index (χ2v) is 9.55. The Labute approximate surface area is 227 Å². The van der Waals surface area contributed by atoms with Crippen LogP contribution >= 0.6 is 23.2 Å². The highest BCUT2D eigenvalue weighted by atomic mass is 35.5. The summed E-state index contributed by atoms with van der Waals surface area (Å²) in [6.07, 6.45) is 4.56. The molecule has 2 N–H and O–H groups in total. The van der Waals surface area contributed by atoms with Crippen LogP contribution in [0.15, 0.2) is 61.1 Å². The molecule has 3 aromatic heterocycles. The molecule has 38 heavy (non-hydrogen) atoms. The molecule has 10 nitrogen and oxygen atoms in total. The van der Waals surface area contributed by atoms with E-state index in [0.29, 0.717) is 21.6 Å². The number of nitrogens with one attached hydrogen (secondary N) is 2. The molecule has 2 aromatic carbocycles. The molecule has 0 spiro atoms. The van der Waals surface area contributed by atoms with Gasteiger partial charge in [0, 0.05) is 33.6 Å². The molecule has 0 bridgehead atoms. The summed E-state index contributed by atoms with van der Waals surface area (Å²) >= 11 is 12.9. The topological polar surface area (TPSA) is 124 Å². The Bertz CT molecular complexity index is 1630. The molecule has 1 aliphatic carbocycles. The summed E-state index contributed by atoms with van der Waals surface area (Å²) in [7, 11) is 1.32. The van der Waals surface area contributed by atoms with E-state index in [1.54, 1.807) is 29.2 Å². The number of imidazole rings is 1. The maximum atomic E-state index is 11.4. The molecule has 5 aromatic rings. The number of H-pyrrole nitrogens is 1. The standard InChI is InChI=1S/C26H20Cl2N8O2/c1-38-26(37)31-18-6-2-14(3-7-18)23-24(28)33-25(32-23)19-8-4-15-10-16(12-29-22(15)19)20-11-17(27)5-9-21(20)36-13-30-34-35-36/h2-3,5-7,9-13,19H,4,8H2,1H3,(H,31,37)(H,32,33). The maximum Gasteiger partial charge on any atom is 0.411 e. The van der Waals surface area contributed by atoms with Gasteiger partial charge < -0.3 is 9.72 Å². The lowest BCUT2D eigenvalue weighted by molar-refractivity contribution is 0.187. The average molecular weight is 547 g/mol. The molecule has 1 amide bonds. The van der Waals surface area contributed by atoms with Gasteiger partial charge in [-0.05, 0) is 65.2 Å². The lowest BCUT2D eigenvalue weighted by atomic mass is 10.0. The number of amides is 1. The van der Waals surface area contributed by atoms with E-state index in [1.165, 1.54) is 7.11 Å². The van der Waals surface area contributed by atoms with Crippen molar-refractivity contribution < 1.29 is 9.53 Å². The van der Waals surface area contributed by atoms with Crippen molar-refractivity contribution in [3.8, 4) is 28.1 Å². The van der Waals surface area contributed by atoms with Crippen molar-refractivity contribution >= 4 is 35.0 Å². The number of aryl methyl sites for hydroxylation is 1. The Kier molecular flexibility index (Phi) is 6.26. The first-order valence-corrected chi connectivity index (χ1v) is 12.5. The molecular formula is C26H20Cl2N8O2. The Morgan fingerprint density at radius 2 is 1.97 bits per heavy atom. The number of tetrazole rings is 1. The van der Waals surface area contributed by atoms with Crippen LogP contribution in [0.3, 0.4) is 0 Å². The summed E-state index contributed by atoms with van der Waals surface area (Å²) in [5.41, 5.74) is 6.91. The number of aromatic amines is 1. The highest BCUT2D eigenvalue weighted by molar-refractivity contribution is 6.32. The van der Waals surface area contributed by atoms with Gasteiger partial charge in [-0.2, -0.15) is 4.68 Å². The quantitative estimate of drug-likeness (QED) is 0.290. The van der Waals surface area contributed by atoms with Crippen LogP contribution in [-0.4, -0.2) is 48.4 Å². The second kappa shape index (κ2) is 9.88. The van der Waals surface area contributed by atoms with Gasteiger partial charge in [0.2, 0.25) is 0 Å². The molecule has 6 rings (SSSR count). The fraction of sp³-hybridized carbons (Fsp3) is 0.154. The van der Waals surface area contributed by atoms with Crippen LogP contribution in [0.5, 0.6) is 0 Å². The van der Waals surface area contributed by atoms with Crippen molar-refractivity contribution in [3.63, 3.8) is 0 Å². The Morgan fingerprint density at radius 3 is 2.74 bits per heavy atom. The number of hydrogen-bond donors (Lipinski definition) is 2. The third-order valence-corrected chi connectivity index (χ3v) is 7.02. The first kappa shape index (κ1) is 24.1. The van der Waals surface area contributed by atoms with Crippen LogP contribution in [0.2, 0.25) is 10.2 Å². The number of halogens is 2. The third-order valence-electron chi connectivity index (χ3n) is 6.51. The van der Waals surface area contributed by atoms with Gasteiger partial charge in [0.05, 0.1) is 30.1 Å². The zero-order chi connectivity index (χ0) is 26.2. The molecule has 0 fully saturated rings. The number of fused-ring (bicyclic) bond motifs is 1. The molecule has 12 heteroatoms. The largest absolute Gasteiger partial charge is 0.453 e. The van der Waals surface area contributed by atoms with Crippen molar-refractivity contribution in [1.82, 2.24) is 35.2 Å². The van der Waals surface area contributed by atoms with Gasteiger partial charge in [-0.15, -0.1) is 5.10 Å². The van der Waals surface area contributed by atoms with Gasteiger partial charge >= 0.3 is 6.09 Å². The van der Waals surface area contributed by atoms with Crippen molar-refractivity contribution in [2.75, 3.05) is 12.4 Å². The number of anilines is 1. The number of carbonyl (C=O) groups is 1. The monoisotopic (exact) mass is 546 g/mol. The fourth-order valence-electron chi connectivity index (χ4n) is 4.71. The predicted octanol–water partition coefficient (Wildman–Crippen LogP) is 5.68. The maximum absolute atomic E-state index is 11.4. The zero-order valence-electron chi connectivity index (χ0n) is 20.0. The molecule has 0 radical (unpaired) electrons. The van der Waals surface area contributed by atoms with Gasteiger partial charge in [-0.3, -0.25) is 10.3 Å². The summed E-state index contributed by atoms with van der Waals surface area (Å²) in [4.78, 5) is 24.3. The minimum absolute atomic E-state index is 0.0103. The van der Waals surface area contributed by atoms with Gasteiger partial charge in [0.25, 0.3) is 0 Å². The van der Waals surface area contributed by atoms with Crippen LogP contribution in [0.4, 0.5) is 10.5 Å². The predicted molar refractivity (Wildman–Crippen MR) is 143 cm³/mol. The first-order valence-electron chi connectivity index (χ1n) is 11.7. The van der Waals surface area contributed by atoms with Crippen molar-refractivity contribution in [2.24, 2.45) is 0 Å². The summed E-state index contributed by atoms with van der Waals surface area (Å²) < 4.78 is 6.23. The Balaban J connectivity index is 1.29. The number of rotatable bonds is 5. The number of methoxy groups -OCH3 is 1. The zero-order valence-corrected chi connectivity index (χ0v) is 21.5. The molecule has 1 aliphatic rings. The second-order valence-electron chi connectivity index (χ2n) is 8.76. The Morgan fingerprint density at radius 1 is 1.13 bits per heavy atom. The van der Waals surface area contributed by atoms with Crippen LogP contribution in [0.25, 0.3) is 28.1 Å². The highest BCUT2D eigenvalue weighted by Crippen LogP contribution is 2.40. The van der Waals surface area contributed by atoms with E-state index in [1.807, 2.05) is 30.5 Å². The summed E-state index contributed by atoms with van der Waals surface area (Å²) in [5.74, 6) is 0.752. The van der Waals surface area contributed by atoms with Crippen LogP contribution in [0, 0.1) is 0 Å². The number of hydrogen-bond acceptors (Lipinski definition) is 7. The number of ether oxygens (including phenoxy) is 1. The molecule has 1 unspecified atom stereocenters. The van der Waals surface area contributed by atoms with E-state index in [0.717, 1.165) is 52.3 Å². The minimum Gasteiger partial charge on any atom is -0.453 e. The molecular weight excluding hydrogens is 527 g/mol. The fourth-order valence-corrected chi connectivity index (χ4v) is 5.13. The first-order chi connectivity index (χ1) is 18.5. The summed E-state index contributed by atoms with van der Waals surface area (Å²) in [6.45, 7) is 0. The van der Waals surface area contributed by atoms with E-state index in [9.17, 15) is 4.79 Å². The van der Waals surface area contributed by atoms with Gasteiger partial charge in [-0.25, -0.2) is 9.78 Å². The smallest absolute Gasteiger partial charge is 0.411 e. The third kappa shape index (κ3) is 4.48. The van der Waals surface area contributed by atoms with Crippen LogP contribution in [-0.2, 0) is 11.2 Å².